The molecule has 38 heavy (non-hydrogen) atoms. The van der Waals surface area contributed by atoms with E-state index in [1.54, 1.807) is 53.4 Å². The molecule has 0 radical (unpaired) electrons. The van der Waals surface area contributed by atoms with E-state index in [0.29, 0.717) is 5.56 Å². The monoisotopic (exact) mass is 533 g/mol. The standard InChI is InChI=1S/C25H39N7O6/c1-16(9-10-21(34)30(2)3)23(36)28-18(13-20(26)33)24(37)29-19(12-17-8-7-11-27-14-17)25(38)32(6)15-22(35)31(4)5/h7-8,11,14,16,18-19H,9-10,12-13,15H2,1-6H3,(H2,26,33)(H,28,36)(H,29,37)/t16-,18-,19-/m0/s1. The zero-order chi connectivity index (χ0) is 29.0. The average Bonchev–Trinajstić information content (AvgIpc) is 2.85. The van der Waals surface area contributed by atoms with E-state index in [-0.39, 0.29) is 37.6 Å². The van der Waals surface area contributed by atoms with Crippen molar-refractivity contribution in [2.75, 3.05) is 41.8 Å². The van der Waals surface area contributed by atoms with Crippen molar-refractivity contribution in [2.45, 2.75) is 44.7 Å². The van der Waals surface area contributed by atoms with Crippen LogP contribution >= 0.6 is 0 Å². The molecule has 1 aromatic heterocycles. The van der Waals surface area contributed by atoms with Crippen molar-refractivity contribution >= 4 is 35.4 Å². The van der Waals surface area contributed by atoms with Crippen LogP contribution in [0.25, 0.3) is 0 Å². The van der Waals surface area contributed by atoms with Gasteiger partial charge < -0.3 is 31.1 Å². The second-order valence-corrected chi connectivity index (χ2v) is 9.57. The van der Waals surface area contributed by atoms with Crippen LogP contribution in [-0.4, -0.2) is 109 Å². The van der Waals surface area contributed by atoms with Crippen molar-refractivity contribution in [3.8, 4) is 0 Å². The number of amides is 6. The first-order valence-corrected chi connectivity index (χ1v) is 12.2. The van der Waals surface area contributed by atoms with E-state index in [4.69, 9.17) is 5.73 Å². The molecule has 4 N–H and O–H groups in total. The zero-order valence-corrected chi connectivity index (χ0v) is 22.9. The second-order valence-electron chi connectivity index (χ2n) is 9.57. The van der Waals surface area contributed by atoms with Crippen molar-refractivity contribution in [1.29, 1.82) is 0 Å². The largest absolute Gasteiger partial charge is 0.370 e. The lowest BCUT2D eigenvalue weighted by Gasteiger charge is -2.27. The summed E-state index contributed by atoms with van der Waals surface area (Å²) in [6, 6.07) is 0.944. The lowest BCUT2D eigenvalue weighted by Crippen LogP contribution is -2.56. The number of likely N-dealkylation sites (N-methyl/N-ethyl adjacent to an activating group) is 2. The summed E-state index contributed by atoms with van der Waals surface area (Å²) in [5.41, 5.74) is 5.96. The Morgan fingerprint density at radius 2 is 1.53 bits per heavy atom. The molecule has 13 nitrogen and oxygen atoms in total. The van der Waals surface area contributed by atoms with Crippen LogP contribution < -0.4 is 16.4 Å². The van der Waals surface area contributed by atoms with Crippen LogP contribution in [0.3, 0.4) is 0 Å². The van der Waals surface area contributed by atoms with E-state index >= 15 is 0 Å². The van der Waals surface area contributed by atoms with Gasteiger partial charge in [-0.1, -0.05) is 13.0 Å². The number of nitrogens with two attached hydrogens (primary N) is 1. The van der Waals surface area contributed by atoms with Gasteiger partial charge in [-0.25, -0.2) is 0 Å². The Balaban J connectivity index is 3.06. The van der Waals surface area contributed by atoms with Gasteiger partial charge in [0.2, 0.25) is 35.4 Å². The van der Waals surface area contributed by atoms with E-state index in [2.05, 4.69) is 15.6 Å². The molecule has 1 heterocycles. The maximum atomic E-state index is 13.2. The fourth-order valence-electron chi connectivity index (χ4n) is 3.33. The fourth-order valence-corrected chi connectivity index (χ4v) is 3.33. The van der Waals surface area contributed by atoms with Gasteiger partial charge in [0.1, 0.15) is 12.1 Å². The second kappa shape index (κ2) is 15.3. The molecule has 0 aliphatic rings. The van der Waals surface area contributed by atoms with Crippen molar-refractivity contribution < 1.29 is 28.8 Å². The van der Waals surface area contributed by atoms with Crippen LogP contribution in [0.4, 0.5) is 0 Å². The van der Waals surface area contributed by atoms with Crippen LogP contribution in [0.1, 0.15) is 31.7 Å². The Morgan fingerprint density at radius 1 is 0.921 bits per heavy atom. The molecule has 0 aliphatic carbocycles. The number of hydrogen-bond acceptors (Lipinski definition) is 7. The van der Waals surface area contributed by atoms with Crippen molar-refractivity contribution in [1.82, 2.24) is 30.3 Å². The van der Waals surface area contributed by atoms with Crippen molar-refractivity contribution in [3.05, 3.63) is 30.1 Å². The zero-order valence-electron chi connectivity index (χ0n) is 22.9. The Morgan fingerprint density at radius 3 is 2.05 bits per heavy atom. The molecule has 3 atom stereocenters. The van der Waals surface area contributed by atoms with E-state index in [0.717, 1.165) is 0 Å². The number of nitrogens with one attached hydrogen (secondary N) is 2. The number of carbonyl (C=O) groups is 6. The van der Waals surface area contributed by atoms with Gasteiger partial charge in [-0.15, -0.1) is 0 Å². The summed E-state index contributed by atoms with van der Waals surface area (Å²) in [4.78, 5) is 82.8. The van der Waals surface area contributed by atoms with Gasteiger partial charge in [0.05, 0.1) is 13.0 Å². The fraction of sp³-hybridized carbons (Fsp3) is 0.560. The Hall–Kier alpha value is -4.03. The molecule has 13 heteroatoms. The molecular weight excluding hydrogens is 494 g/mol. The predicted octanol–water partition coefficient (Wildman–Crippen LogP) is -1.48. The molecule has 0 unspecified atom stereocenters. The highest BCUT2D eigenvalue weighted by atomic mass is 16.2. The summed E-state index contributed by atoms with van der Waals surface area (Å²) < 4.78 is 0. The minimum Gasteiger partial charge on any atom is -0.370 e. The minimum atomic E-state index is -1.34. The average molecular weight is 534 g/mol. The summed E-state index contributed by atoms with van der Waals surface area (Å²) in [7, 11) is 7.77. The van der Waals surface area contributed by atoms with Crippen LogP contribution in [0, 0.1) is 5.92 Å². The highest BCUT2D eigenvalue weighted by molar-refractivity contribution is 5.95. The van der Waals surface area contributed by atoms with Gasteiger partial charge in [0, 0.05) is 66.4 Å². The summed E-state index contributed by atoms with van der Waals surface area (Å²) in [5.74, 6) is -3.79. The highest BCUT2D eigenvalue weighted by Gasteiger charge is 2.31. The molecule has 1 aromatic rings. The Kier molecular flexibility index (Phi) is 12.9. The topological polar surface area (TPSA) is 175 Å². The number of pyridine rings is 1. The Labute approximate surface area is 223 Å². The number of aromatic nitrogens is 1. The lowest BCUT2D eigenvalue weighted by atomic mass is 10.0. The molecule has 1 rings (SSSR count). The molecule has 0 bridgehead atoms. The first-order valence-electron chi connectivity index (χ1n) is 12.2. The summed E-state index contributed by atoms with van der Waals surface area (Å²) in [6.07, 6.45) is 3.03. The van der Waals surface area contributed by atoms with Gasteiger partial charge in [-0.3, -0.25) is 33.8 Å². The smallest absolute Gasteiger partial charge is 0.245 e. The van der Waals surface area contributed by atoms with E-state index in [1.165, 1.54) is 27.9 Å². The van der Waals surface area contributed by atoms with Crippen molar-refractivity contribution in [3.63, 3.8) is 0 Å². The summed E-state index contributed by atoms with van der Waals surface area (Å²) in [5, 5.41) is 5.11. The third-order valence-electron chi connectivity index (χ3n) is 5.80. The predicted molar refractivity (Wildman–Crippen MR) is 139 cm³/mol. The number of nitrogens with zero attached hydrogens (tertiary/aromatic N) is 4. The maximum Gasteiger partial charge on any atom is 0.245 e. The molecule has 0 aliphatic heterocycles. The molecule has 6 amide bonds. The molecule has 0 saturated carbocycles. The third-order valence-corrected chi connectivity index (χ3v) is 5.80. The molecule has 0 spiro atoms. The number of rotatable bonds is 14. The quantitative estimate of drug-likeness (QED) is 0.261. The van der Waals surface area contributed by atoms with E-state index < -0.39 is 48.1 Å². The molecule has 0 fully saturated rings. The van der Waals surface area contributed by atoms with Gasteiger partial charge in [0.15, 0.2) is 0 Å². The number of primary amides is 1. The Bertz CT molecular complexity index is 999. The van der Waals surface area contributed by atoms with Crippen LogP contribution in [0.5, 0.6) is 0 Å². The van der Waals surface area contributed by atoms with Crippen LogP contribution in [0.2, 0.25) is 0 Å². The lowest BCUT2D eigenvalue weighted by molar-refractivity contribution is -0.141. The summed E-state index contributed by atoms with van der Waals surface area (Å²) >= 11 is 0. The SMILES string of the molecule is C[C@@H](CCC(=O)N(C)C)C(=O)N[C@@H](CC(N)=O)C(=O)N[C@@H](Cc1cccnc1)C(=O)N(C)CC(=O)N(C)C. The normalized spacial score (nSPS) is 12.9. The van der Waals surface area contributed by atoms with Crippen LogP contribution in [-0.2, 0) is 35.2 Å². The molecule has 0 saturated heterocycles. The number of hydrogen-bond donors (Lipinski definition) is 3. The third kappa shape index (κ3) is 10.9. The molecule has 210 valence electrons. The first kappa shape index (κ1) is 32.0. The summed E-state index contributed by atoms with van der Waals surface area (Å²) in [6.45, 7) is 1.39. The van der Waals surface area contributed by atoms with E-state index in [9.17, 15) is 28.8 Å². The van der Waals surface area contributed by atoms with Gasteiger partial charge in [-0.2, -0.15) is 0 Å². The first-order chi connectivity index (χ1) is 17.7. The van der Waals surface area contributed by atoms with Crippen molar-refractivity contribution in [2.24, 2.45) is 11.7 Å². The minimum absolute atomic E-state index is 0.0548. The van der Waals surface area contributed by atoms with E-state index in [1.807, 2.05) is 0 Å². The van der Waals surface area contributed by atoms with Gasteiger partial charge >= 0.3 is 0 Å². The number of carbonyl (C=O) groups excluding carboxylic acids is 6. The van der Waals surface area contributed by atoms with Gasteiger partial charge in [-0.05, 0) is 18.1 Å². The van der Waals surface area contributed by atoms with Crippen LogP contribution in [0.15, 0.2) is 24.5 Å². The maximum absolute atomic E-state index is 13.2. The molecular formula is C25H39N7O6. The van der Waals surface area contributed by atoms with Gasteiger partial charge in [0.25, 0.3) is 0 Å². The molecule has 0 aromatic carbocycles. The highest BCUT2D eigenvalue weighted by Crippen LogP contribution is 2.10.